The fourth-order valence-electron chi connectivity index (χ4n) is 3.23. The summed E-state index contributed by atoms with van der Waals surface area (Å²) >= 11 is 0. The first kappa shape index (κ1) is 15.4. The van der Waals surface area contributed by atoms with Crippen LogP contribution in [0, 0.1) is 12.8 Å². The van der Waals surface area contributed by atoms with Gasteiger partial charge in [-0.05, 0) is 50.7 Å². The van der Waals surface area contributed by atoms with E-state index in [4.69, 9.17) is 9.72 Å². The lowest BCUT2D eigenvalue weighted by atomic mass is 9.98. The predicted octanol–water partition coefficient (Wildman–Crippen LogP) is 3.35. The Bertz CT molecular complexity index is 693. The molecule has 2 aromatic heterocycles. The van der Waals surface area contributed by atoms with E-state index in [1.165, 1.54) is 12.8 Å². The maximum Gasteiger partial charge on any atom is 0.133 e. The Hall–Kier alpha value is -2.17. The third-order valence-electron chi connectivity index (χ3n) is 4.89. The summed E-state index contributed by atoms with van der Waals surface area (Å²) in [7, 11) is 0. The molecule has 4 rings (SSSR count). The average Bonchev–Trinajstić information content (AvgIpc) is 3.46. The van der Waals surface area contributed by atoms with Crippen molar-refractivity contribution in [3.8, 4) is 5.75 Å². The Morgan fingerprint density at radius 1 is 1.08 bits per heavy atom. The van der Waals surface area contributed by atoms with E-state index >= 15 is 0 Å². The number of hydrogen-bond acceptors (Lipinski definition) is 5. The molecule has 0 spiro atoms. The zero-order valence-corrected chi connectivity index (χ0v) is 14.2. The molecule has 1 aliphatic heterocycles. The lowest BCUT2D eigenvalue weighted by Crippen LogP contribution is -2.36. The van der Waals surface area contributed by atoms with Gasteiger partial charge in [-0.2, -0.15) is 0 Å². The van der Waals surface area contributed by atoms with Gasteiger partial charge in [-0.25, -0.2) is 9.97 Å². The molecule has 24 heavy (non-hydrogen) atoms. The van der Waals surface area contributed by atoms with Gasteiger partial charge in [0, 0.05) is 43.2 Å². The van der Waals surface area contributed by atoms with Gasteiger partial charge in [0.15, 0.2) is 0 Å². The van der Waals surface area contributed by atoms with Gasteiger partial charge in [0.05, 0.1) is 6.61 Å². The largest absolute Gasteiger partial charge is 0.493 e. The molecule has 5 heteroatoms. The van der Waals surface area contributed by atoms with Gasteiger partial charge in [0.1, 0.15) is 17.4 Å². The normalized spacial score (nSPS) is 18.6. The van der Waals surface area contributed by atoms with Gasteiger partial charge in [-0.15, -0.1) is 0 Å². The fraction of sp³-hybridized carbons (Fsp3) is 0.526. The van der Waals surface area contributed by atoms with E-state index in [0.29, 0.717) is 11.8 Å². The first-order valence-electron chi connectivity index (χ1n) is 8.91. The van der Waals surface area contributed by atoms with E-state index in [1.54, 1.807) is 6.20 Å². The van der Waals surface area contributed by atoms with Crippen molar-refractivity contribution < 1.29 is 4.74 Å². The van der Waals surface area contributed by atoms with E-state index in [1.807, 2.05) is 31.3 Å². The van der Waals surface area contributed by atoms with Crippen LogP contribution in [0.3, 0.4) is 0 Å². The minimum Gasteiger partial charge on any atom is -0.493 e. The number of rotatable bonds is 5. The molecule has 2 aromatic rings. The molecule has 0 radical (unpaired) electrons. The number of ether oxygens (including phenoxy) is 1. The molecule has 3 heterocycles. The molecule has 0 amide bonds. The molecule has 1 saturated heterocycles. The lowest BCUT2D eigenvalue weighted by molar-refractivity contribution is 0.222. The summed E-state index contributed by atoms with van der Waals surface area (Å²) in [5.74, 6) is 4.27. The molecule has 0 atom stereocenters. The Kier molecular flexibility index (Phi) is 4.32. The Balaban J connectivity index is 1.29. The third kappa shape index (κ3) is 3.66. The van der Waals surface area contributed by atoms with E-state index < -0.39 is 0 Å². The predicted molar refractivity (Wildman–Crippen MR) is 93.4 cm³/mol. The number of aryl methyl sites for hydroxylation is 1. The van der Waals surface area contributed by atoms with Crippen LogP contribution < -0.4 is 9.64 Å². The highest BCUT2D eigenvalue weighted by molar-refractivity contribution is 5.38. The van der Waals surface area contributed by atoms with Crippen molar-refractivity contribution in [2.45, 2.75) is 38.5 Å². The maximum atomic E-state index is 5.94. The van der Waals surface area contributed by atoms with Crippen LogP contribution in [-0.4, -0.2) is 34.6 Å². The molecule has 0 unspecified atom stereocenters. The molecule has 1 saturated carbocycles. The smallest absolute Gasteiger partial charge is 0.133 e. The van der Waals surface area contributed by atoms with Crippen molar-refractivity contribution in [1.82, 2.24) is 15.0 Å². The van der Waals surface area contributed by atoms with Gasteiger partial charge in [0.2, 0.25) is 0 Å². The highest BCUT2D eigenvalue weighted by atomic mass is 16.5. The van der Waals surface area contributed by atoms with Gasteiger partial charge >= 0.3 is 0 Å². The van der Waals surface area contributed by atoms with Crippen molar-refractivity contribution in [2.24, 2.45) is 5.92 Å². The van der Waals surface area contributed by atoms with Gasteiger partial charge < -0.3 is 9.64 Å². The third-order valence-corrected chi connectivity index (χ3v) is 4.89. The number of anilines is 1. The van der Waals surface area contributed by atoms with E-state index in [9.17, 15) is 0 Å². The van der Waals surface area contributed by atoms with Crippen molar-refractivity contribution in [1.29, 1.82) is 0 Å². The van der Waals surface area contributed by atoms with Crippen LogP contribution in [0.25, 0.3) is 0 Å². The second-order valence-corrected chi connectivity index (χ2v) is 6.92. The molecular weight excluding hydrogens is 300 g/mol. The number of pyridine rings is 1. The van der Waals surface area contributed by atoms with Gasteiger partial charge in [-0.3, -0.25) is 4.98 Å². The van der Waals surface area contributed by atoms with E-state index in [-0.39, 0.29) is 0 Å². The Labute approximate surface area is 143 Å². The Morgan fingerprint density at radius 2 is 1.88 bits per heavy atom. The number of piperidine rings is 1. The number of hydrogen-bond donors (Lipinski definition) is 0. The monoisotopic (exact) mass is 324 g/mol. The topological polar surface area (TPSA) is 51.1 Å². The number of aromatic nitrogens is 3. The van der Waals surface area contributed by atoms with E-state index in [0.717, 1.165) is 55.6 Å². The van der Waals surface area contributed by atoms with Crippen LogP contribution in [0.5, 0.6) is 5.75 Å². The molecule has 1 aliphatic carbocycles. The molecule has 126 valence electrons. The second kappa shape index (κ2) is 6.75. The Morgan fingerprint density at radius 3 is 2.62 bits per heavy atom. The summed E-state index contributed by atoms with van der Waals surface area (Å²) in [5, 5.41) is 0. The summed E-state index contributed by atoms with van der Waals surface area (Å²) in [6.07, 6.45) is 8.51. The minimum absolute atomic E-state index is 0.611. The first-order chi connectivity index (χ1) is 11.8. The second-order valence-electron chi connectivity index (χ2n) is 6.92. The van der Waals surface area contributed by atoms with Crippen LogP contribution in [0.2, 0.25) is 0 Å². The summed E-state index contributed by atoms with van der Waals surface area (Å²) in [6.45, 7) is 4.87. The van der Waals surface area contributed by atoms with Crippen LogP contribution in [0.4, 0.5) is 5.82 Å². The maximum absolute atomic E-state index is 5.94. The SMILES string of the molecule is Cc1cc(OCC2CCN(c3ccnc(C4CC4)n3)CC2)ccn1. The number of nitrogens with zero attached hydrogens (tertiary/aromatic N) is 4. The zero-order valence-electron chi connectivity index (χ0n) is 14.2. The molecule has 0 aromatic carbocycles. The lowest BCUT2D eigenvalue weighted by Gasteiger charge is -2.32. The van der Waals surface area contributed by atoms with Crippen LogP contribution >= 0.6 is 0 Å². The highest BCUT2D eigenvalue weighted by Gasteiger charge is 2.27. The van der Waals surface area contributed by atoms with Crippen molar-refractivity contribution >= 4 is 5.82 Å². The molecular formula is C19H24N4O. The van der Waals surface area contributed by atoms with Gasteiger partial charge in [-0.1, -0.05) is 0 Å². The first-order valence-corrected chi connectivity index (χ1v) is 8.91. The quantitative estimate of drug-likeness (QED) is 0.844. The van der Waals surface area contributed by atoms with Crippen LogP contribution in [0.1, 0.15) is 43.1 Å². The summed E-state index contributed by atoms with van der Waals surface area (Å²) in [5.41, 5.74) is 0.998. The van der Waals surface area contributed by atoms with Crippen LogP contribution in [0.15, 0.2) is 30.6 Å². The summed E-state index contributed by atoms with van der Waals surface area (Å²) < 4.78 is 5.94. The minimum atomic E-state index is 0.611. The summed E-state index contributed by atoms with van der Waals surface area (Å²) in [4.78, 5) is 15.8. The van der Waals surface area contributed by atoms with Crippen molar-refractivity contribution in [3.63, 3.8) is 0 Å². The molecule has 2 aliphatic rings. The van der Waals surface area contributed by atoms with Crippen molar-refractivity contribution in [2.75, 3.05) is 24.6 Å². The zero-order chi connectivity index (χ0) is 16.4. The molecule has 5 nitrogen and oxygen atoms in total. The molecule has 0 N–H and O–H groups in total. The molecule has 2 fully saturated rings. The standard InChI is InChI=1S/C19H24N4O/c1-14-12-17(4-8-20-14)24-13-15-6-10-23(11-7-15)18-5-9-21-19(22-18)16-2-3-16/h4-5,8-9,12,15-16H,2-3,6-7,10-11,13H2,1H3. The average molecular weight is 324 g/mol. The van der Waals surface area contributed by atoms with Crippen LogP contribution in [-0.2, 0) is 0 Å². The van der Waals surface area contributed by atoms with Crippen molar-refractivity contribution in [3.05, 3.63) is 42.1 Å². The fourth-order valence-corrected chi connectivity index (χ4v) is 3.23. The molecule has 0 bridgehead atoms. The highest BCUT2D eigenvalue weighted by Crippen LogP contribution is 2.38. The summed E-state index contributed by atoms with van der Waals surface area (Å²) in [6, 6.07) is 5.97. The van der Waals surface area contributed by atoms with E-state index in [2.05, 4.69) is 14.9 Å². The van der Waals surface area contributed by atoms with Gasteiger partial charge in [0.25, 0.3) is 0 Å².